The summed E-state index contributed by atoms with van der Waals surface area (Å²) < 4.78 is 45.2. The van der Waals surface area contributed by atoms with Crippen LogP contribution >= 0.6 is 0 Å². The molecule has 1 N–H and O–H groups in total. The Labute approximate surface area is 211 Å². The molecule has 3 atom stereocenters. The number of nitrogens with zero attached hydrogens (tertiary/aromatic N) is 5. The molecule has 1 aromatic heterocycles. The minimum absolute atomic E-state index is 0.172. The van der Waals surface area contributed by atoms with Gasteiger partial charge in [0.15, 0.2) is 6.23 Å². The van der Waals surface area contributed by atoms with Gasteiger partial charge in [-0.3, -0.25) is 14.7 Å². The van der Waals surface area contributed by atoms with Crippen LogP contribution in [0.1, 0.15) is 60.9 Å². The third-order valence-corrected chi connectivity index (χ3v) is 7.34. The van der Waals surface area contributed by atoms with Gasteiger partial charge in [-0.15, -0.1) is 0 Å². The molecule has 198 valence electrons. The lowest BCUT2D eigenvalue weighted by atomic mass is 10.0. The van der Waals surface area contributed by atoms with E-state index in [2.05, 4.69) is 14.9 Å². The molecule has 0 unspecified atom stereocenters. The molecule has 2 amide bonds. The van der Waals surface area contributed by atoms with Crippen LogP contribution in [0, 0.1) is 0 Å². The summed E-state index contributed by atoms with van der Waals surface area (Å²) >= 11 is 0. The number of amides is 2. The quantitative estimate of drug-likeness (QED) is 0.614. The maximum Gasteiger partial charge on any atom is 0.416 e. The Morgan fingerprint density at radius 3 is 2.41 bits per heavy atom. The number of carbonyl (C=O) groups is 2. The third kappa shape index (κ3) is 5.34. The molecular weight excluding hydrogens is 491 g/mol. The molecule has 37 heavy (non-hydrogen) atoms. The summed E-state index contributed by atoms with van der Waals surface area (Å²) in [4.78, 5) is 38.6. The van der Waals surface area contributed by atoms with E-state index in [1.54, 1.807) is 17.3 Å². The molecule has 2 saturated heterocycles. The molecule has 9 nitrogen and oxygen atoms in total. The van der Waals surface area contributed by atoms with Crippen molar-refractivity contribution in [3.63, 3.8) is 0 Å². The summed E-state index contributed by atoms with van der Waals surface area (Å²) in [5.74, 6) is 0.398. The van der Waals surface area contributed by atoms with Crippen LogP contribution in [0.4, 0.5) is 18.0 Å². The van der Waals surface area contributed by atoms with Crippen molar-refractivity contribution >= 4 is 12.0 Å². The molecule has 2 aliphatic heterocycles. The number of fused-ring (bicyclic) bond motifs is 1. The Kier molecular flexibility index (Phi) is 6.69. The standard InChI is InChI=1S/C25H28F3N5O4/c1-31(24(35)36)22(16-4-6-17(7-5-16)25(26,27)28)23(34)32-11-10-18-8-9-21(33(18)14-32)37-20-13-29-19(12-30-20)15-2-3-15/h4-7,12-13,15,18,21-22H,2-3,8-11,14H2,1H3,(H,35,36)/t18-,21-,22+/m0/s1. The number of halogens is 3. The molecule has 1 saturated carbocycles. The highest BCUT2D eigenvalue weighted by atomic mass is 19.4. The first-order valence-electron chi connectivity index (χ1n) is 12.3. The van der Waals surface area contributed by atoms with Crippen LogP contribution in [0.15, 0.2) is 36.7 Å². The van der Waals surface area contributed by atoms with Crippen molar-refractivity contribution in [2.24, 2.45) is 0 Å². The van der Waals surface area contributed by atoms with Gasteiger partial charge in [0.1, 0.15) is 6.04 Å². The van der Waals surface area contributed by atoms with Gasteiger partial charge in [0, 0.05) is 25.6 Å². The number of hydrogen-bond acceptors (Lipinski definition) is 6. The lowest BCUT2D eigenvalue weighted by Crippen LogP contribution is -2.55. The van der Waals surface area contributed by atoms with Gasteiger partial charge in [0.2, 0.25) is 5.88 Å². The Morgan fingerprint density at radius 2 is 1.81 bits per heavy atom. The lowest BCUT2D eigenvalue weighted by molar-refractivity contribution is -0.144. The van der Waals surface area contributed by atoms with Gasteiger partial charge in [-0.2, -0.15) is 13.2 Å². The number of benzene rings is 1. The fraction of sp³-hybridized carbons (Fsp3) is 0.520. The Hall–Kier alpha value is -3.41. The van der Waals surface area contributed by atoms with Crippen LogP contribution in [0.5, 0.6) is 5.88 Å². The second kappa shape index (κ2) is 9.81. The first-order valence-corrected chi connectivity index (χ1v) is 12.3. The predicted octanol–water partition coefficient (Wildman–Crippen LogP) is 4.08. The second-order valence-electron chi connectivity index (χ2n) is 9.82. The van der Waals surface area contributed by atoms with Gasteiger partial charge < -0.3 is 14.7 Å². The average Bonchev–Trinajstić information content (AvgIpc) is 3.65. The van der Waals surface area contributed by atoms with E-state index in [-0.39, 0.29) is 24.5 Å². The molecule has 12 heteroatoms. The van der Waals surface area contributed by atoms with Crippen molar-refractivity contribution in [2.75, 3.05) is 20.3 Å². The fourth-order valence-corrected chi connectivity index (χ4v) is 5.08. The zero-order chi connectivity index (χ0) is 26.3. The molecule has 3 fully saturated rings. The van der Waals surface area contributed by atoms with Crippen molar-refractivity contribution in [3.8, 4) is 5.88 Å². The van der Waals surface area contributed by atoms with Crippen LogP contribution in [0.2, 0.25) is 0 Å². The number of carbonyl (C=O) groups excluding carboxylic acids is 1. The number of hydrogen-bond donors (Lipinski definition) is 1. The lowest BCUT2D eigenvalue weighted by Gasteiger charge is -2.42. The van der Waals surface area contributed by atoms with Gasteiger partial charge in [-0.1, -0.05) is 12.1 Å². The van der Waals surface area contributed by atoms with Crippen LogP contribution in [-0.4, -0.2) is 74.3 Å². The van der Waals surface area contributed by atoms with Crippen molar-refractivity contribution < 1.29 is 32.6 Å². The van der Waals surface area contributed by atoms with Gasteiger partial charge in [-0.05, 0) is 49.8 Å². The second-order valence-corrected chi connectivity index (χ2v) is 9.82. The van der Waals surface area contributed by atoms with Gasteiger partial charge in [0.25, 0.3) is 5.91 Å². The summed E-state index contributed by atoms with van der Waals surface area (Å²) in [5, 5.41) is 9.59. The van der Waals surface area contributed by atoms with E-state index in [1.165, 1.54) is 7.05 Å². The number of likely N-dealkylation sites (N-methyl/N-ethyl adjacent to an activating group) is 1. The van der Waals surface area contributed by atoms with Crippen molar-refractivity contribution in [3.05, 3.63) is 53.5 Å². The molecule has 3 aliphatic rings. The third-order valence-electron chi connectivity index (χ3n) is 7.34. The monoisotopic (exact) mass is 519 g/mol. The highest BCUT2D eigenvalue weighted by Gasteiger charge is 2.42. The number of rotatable bonds is 6. The predicted molar refractivity (Wildman–Crippen MR) is 124 cm³/mol. The summed E-state index contributed by atoms with van der Waals surface area (Å²) in [6.07, 6.45) is 1.71. The van der Waals surface area contributed by atoms with Crippen molar-refractivity contribution in [1.29, 1.82) is 0 Å². The molecule has 5 rings (SSSR count). The zero-order valence-corrected chi connectivity index (χ0v) is 20.3. The fourth-order valence-electron chi connectivity index (χ4n) is 5.08. The van der Waals surface area contributed by atoms with Crippen LogP contribution in [0.3, 0.4) is 0 Å². The van der Waals surface area contributed by atoms with E-state index in [9.17, 15) is 27.9 Å². The largest absolute Gasteiger partial charge is 0.465 e. The minimum Gasteiger partial charge on any atom is -0.465 e. The van der Waals surface area contributed by atoms with E-state index in [4.69, 9.17) is 4.74 Å². The number of alkyl halides is 3. The normalized spacial score (nSPS) is 22.9. The molecular formula is C25H28F3N5O4. The van der Waals surface area contributed by atoms with Crippen LogP contribution < -0.4 is 4.74 Å². The highest BCUT2D eigenvalue weighted by molar-refractivity contribution is 5.86. The first kappa shape index (κ1) is 25.2. The summed E-state index contributed by atoms with van der Waals surface area (Å²) in [6.45, 7) is 0.625. The van der Waals surface area contributed by atoms with E-state index in [1.807, 2.05) is 0 Å². The smallest absolute Gasteiger partial charge is 0.416 e. The number of carboxylic acid groups (broad SMARTS) is 1. The number of aromatic nitrogens is 2. The topological polar surface area (TPSA) is 99.1 Å². The molecule has 0 radical (unpaired) electrons. The maximum atomic E-state index is 13.6. The van der Waals surface area contributed by atoms with Crippen molar-refractivity contribution in [2.45, 2.75) is 62.5 Å². The highest BCUT2D eigenvalue weighted by Crippen LogP contribution is 2.39. The molecule has 1 aliphatic carbocycles. The summed E-state index contributed by atoms with van der Waals surface area (Å²) in [7, 11) is 1.24. The van der Waals surface area contributed by atoms with E-state index in [0.29, 0.717) is 24.8 Å². The van der Waals surface area contributed by atoms with E-state index in [0.717, 1.165) is 60.5 Å². The summed E-state index contributed by atoms with van der Waals surface area (Å²) in [5.41, 5.74) is 0.264. The zero-order valence-electron chi connectivity index (χ0n) is 20.3. The van der Waals surface area contributed by atoms with Crippen LogP contribution in [0.25, 0.3) is 0 Å². The van der Waals surface area contributed by atoms with Gasteiger partial charge >= 0.3 is 12.3 Å². The Bertz CT molecular complexity index is 1140. The van der Waals surface area contributed by atoms with Gasteiger partial charge in [-0.25, -0.2) is 14.7 Å². The molecule has 2 aromatic rings. The average molecular weight is 520 g/mol. The maximum absolute atomic E-state index is 13.6. The van der Waals surface area contributed by atoms with Crippen molar-refractivity contribution in [1.82, 2.24) is 24.7 Å². The molecule has 3 heterocycles. The van der Waals surface area contributed by atoms with E-state index >= 15 is 0 Å². The van der Waals surface area contributed by atoms with Gasteiger partial charge in [0.05, 0.1) is 30.3 Å². The molecule has 0 bridgehead atoms. The van der Waals surface area contributed by atoms with Crippen LogP contribution in [-0.2, 0) is 11.0 Å². The number of ether oxygens (including phenoxy) is 1. The molecule has 0 spiro atoms. The minimum atomic E-state index is -4.54. The van der Waals surface area contributed by atoms with E-state index < -0.39 is 29.8 Å². The SMILES string of the molecule is CN(C(=O)O)[C@@H](C(=O)N1CC[C@@H]2CC[C@H](Oc3cnc(C4CC4)cn3)N2C1)c1ccc(C(F)(F)F)cc1. The Morgan fingerprint density at radius 1 is 1.08 bits per heavy atom. The Balaban J connectivity index is 1.31. The summed E-state index contributed by atoms with van der Waals surface area (Å²) in [6, 6.07) is 2.95. The molecule has 1 aromatic carbocycles. The first-order chi connectivity index (χ1) is 17.6.